The molecule has 0 unspecified atom stereocenters. The summed E-state index contributed by atoms with van der Waals surface area (Å²) in [6, 6.07) is 4.06. The Morgan fingerprint density at radius 1 is 1.40 bits per heavy atom. The van der Waals surface area contributed by atoms with Crippen molar-refractivity contribution < 1.29 is 9.84 Å². The summed E-state index contributed by atoms with van der Waals surface area (Å²) < 4.78 is 6.20. The number of aryl methyl sites for hydroxylation is 1. The zero-order valence-electron chi connectivity index (χ0n) is 9.60. The lowest BCUT2D eigenvalue weighted by Gasteiger charge is -2.24. The van der Waals surface area contributed by atoms with Crippen LogP contribution >= 0.6 is 15.9 Å². The van der Waals surface area contributed by atoms with Gasteiger partial charge in [0.05, 0.1) is 18.2 Å². The van der Waals surface area contributed by atoms with E-state index >= 15 is 0 Å². The molecule has 0 fully saturated rings. The number of benzene rings is 1. The molecule has 0 amide bonds. The second-order valence-corrected chi connectivity index (χ2v) is 5.20. The molecule has 1 N–H and O–H groups in total. The van der Waals surface area contributed by atoms with Gasteiger partial charge in [-0.25, -0.2) is 0 Å². The lowest BCUT2D eigenvalue weighted by Crippen LogP contribution is -2.22. The van der Waals surface area contributed by atoms with E-state index in [9.17, 15) is 5.11 Å². The lowest BCUT2D eigenvalue weighted by molar-refractivity contribution is 0.218. The molecular weight excluding hydrogens is 256 g/mol. The Hall–Kier alpha value is -0.540. The van der Waals surface area contributed by atoms with Crippen molar-refractivity contribution in [2.24, 2.45) is 0 Å². The molecule has 3 heteroatoms. The topological polar surface area (TPSA) is 29.5 Å². The van der Waals surface area contributed by atoms with Gasteiger partial charge in [0.2, 0.25) is 0 Å². The first-order valence-electron chi connectivity index (χ1n) is 4.88. The quantitative estimate of drug-likeness (QED) is 0.917. The number of aliphatic hydroxyl groups excluding tert-OH is 1. The van der Waals surface area contributed by atoms with Crippen molar-refractivity contribution >= 4 is 15.9 Å². The molecule has 0 heterocycles. The molecule has 84 valence electrons. The van der Waals surface area contributed by atoms with Gasteiger partial charge in [-0.1, -0.05) is 19.9 Å². The molecule has 0 saturated carbocycles. The van der Waals surface area contributed by atoms with Crippen molar-refractivity contribution in [2.45, 2.75) is 26.2 Å². The van der Waals surface area contributed by atoms with Crippen LogP contribution in [0.2, 0.25) is 0 Å². The number of aliphatic hydroxyl groups is 1. The molecule has 1 rings (SSSR count). The predicted molar refractivity (Wildman–Crippen MR) is 65.5 cm³/mol. The summed E-state index contributed by atoms with van der Waals surface area (Å²) in [6.07, 6.45) is 0. The highest BCUT2D eigenvalue weighted by molar-refractivity contribution is 9.10. The first kappa shape index (κ1) is 12.5. The zero-order chi connectivity index (χ0) is 11.6. The van der Waals surface area contributed by atoms with E-state index < -0.39 is 0 Å². The Bertz CT molecular complexity index is 336. The molecule has 15 heavy (non-hydrogen) atoms. The fourth-order valence-corrected chi connectivity index (χ4v) is 2.19. The lowest BCUT2D eigenvalue weighted by atomic mass is 9.85. The van der Waals surface area contributed by atoms with Crippen LogP contribution in [-0.2, 0) is 5.41 Å². The van der Waals surface area contributed by atoms with Crippen LogP contribution in [0, 0.1) is 6.92 Å². The van der Waals surface area contributed by atoms with Crippen LogP contribution in [0.15, 0.2) is 16.6 Å². The highest BCUT2D eigenvalue weighted by Gasteiger charge is 2.21. The van der Waals surface area contributed by atoms with Gasteiger partial charge in [0, 0.05) is 5.41 Å². The molecule has 0 atom stereocenters. The molecule has 1 aromatic carbocycles. The molecule has 0 spiro atoms. The van der Waals surface area contributed by atoms with E-state index in [-0.39, 0.29) is 12.0 Å². The summed E-state index contributed by atoms with van der Waals surface area (Å²) in [7, 11) is 1.66. The number of hydrogen-bond donors (Lipinski definition) is 1. The van der Waals surface area contributed by atoms with Crippen molar-refractivity contribution in [3.05, 3.63) is 27.7 Å². The van der Waals surface area contributed by atoms with Gasteiger partial charge in [-0.3, -0.25) is 0 Å². The average molecular weight is 273 g/mol. The van der Waals surface area contributed by atoms with Crippen molar-refractivity contribution in [3.63, 3.8) is 0 Å². The monoisotopic (exact) mass is 272 g/mol. The van der Waals surface area contributed by atoms with E-state index in [0.717, 1.165) is 21.3 Å². The van der Waals surface area contributed by atoms with Gasteiger partial charge in [-0.15, -0.1) is 0 Å². The maximum Gasteiger partial charge on any atom is 0.135 e. The number of hydrogen-bond acceptors (Lipinski definition) is 2. The Labute approximate surface area is 99.4 Å². The molecular formula is C12H17BrO2. The SMILES string of the molecule is COc1c(C)cc(C(C)(C)CO)cc1Br. The van der Waals surface area contributed by atoms with Crippen molar-refractivity contribution in [2.75, 3.05) is 13.7 Å². The minimum atomic E-state index is -0.223. The maximum atomic E-state index is 9.31. The van der Waals surface area contributed by atoms with Gasteiger partial charge in [-0.05, 0) is 40.0 Å². The van der Waals surface area contributed by atoms with Crippen molar-refractivity contribution in [3.8, 4) is 5.75 Å². The fraction of sp³-hybridized carbons (Fsp3) is 0.500. The van der Waals surface area contributed by atoms with Crippen LogP contribution in [0.5, 0.6) is 5.75 Å². The molecule has 2 nitrogen and oxygen atoms in total. The van der Waals surface area contributed by atoms with Crippen LogP contribution in [0.1, 0.15) is 25.0 Å². The highest BCUT2D eigenvalue weighted by atomic mass is 79.9. The second kappa shape index (κ2) is 4.54. The molecule has 0 aromatic heterocycles. The molecule has 0 radical (unpaired) electrons. The predicted octanol–water partition coefficient (Wildman–Crippen LogP) is 3.04. The molecule has 0 bridgehead atoms. The third-order valence-corrected chi connectivity index (χ3v) is 3.20. The Morgan fingerprint density at radius 2 is 2.00 bits per heavy atom. The van der Waals surface area contributed by atoms with Crippen LogP contribution in [0.25, 0.3) is 0 Å². The van der Waals surface area contributed by atoms with E-state index in [1.165, 1.54) is 0 Å². The zero-order valence-corrected chi connectivity index (χ0v) is 11.2. The normalized spacial score (nSPS) is 11.6. The van der Waals surface area contributed by atoms with E-state index in [0.29, 0.717) is 0 Å². The first-order valence-corrected chi connectivity index (χ1v) is 5.67. The maximum absolute atomic E-state index is 9.31. The largest absolute Gasteiger partial charge is 0.495 e. The van der Waals surface area contributed by atoms with Crippen LogP contribution in [-0.4, -0.2) is 18.8 Å². The van der Waals surface area contributed by atoms with Crippen molar-refractivity contribution in [1.82, 2.24) is 0 Å². The smallest absolute Gasteiger partial charge is 0.135 e. The van der Waals surface area contributed by atoms with Gasteiger partial charge in [0.15, 0.2) is 0 Å². The Kier molecular flexibility index (Phi) is 3.79. The third-order valence-electron chi connectivity index (χ3n) is 2.61. The minimum absolute atomic E-state index is 0.130. The average Bonchev–Trinajstić information content (AvgIpc) is 2.17. The molecule has 0 aliphatic rings. The van der Waals surface area contributed by atoms with Crippen LogP contribution < -0.4 is 4.74 Å². The van der Waals surface area contributed by atoms with Crippen LogP contribution in [0.3, 0.4) is 0 Å². The fourth-order valence-electron chi connectivity index (χ4n) is 1.47. The Morgan fingerprint density at radius 3 is 2.40 bits per heavy atom. The molecule has 0 aliphatic carbocycles. The number of ether oxygens (including phenoxy) is 1. The summed E-state index contributed by atoms with van der Waals surface area (Å²) >= 11 is 3.47. The molecule has 1 aromatic rings. The number of rotatable bonds is 3. The van der Waals surface area contributed by atoms with Crippen LogP contribution in [0.4, 0.5) is 0 Å². The van der Waals surface area contributed by atoms with Gasteiger partial charge in [-0.2, -0.15) is 0 Å². The van der Waals surface area contributed by atoms with E-state index in [2.05, 4.69) is 22.0 Å². The summed E-state index contributed by atoms with van der Waals surface area (Å²) in [5.74, 6) is 0.854. The Balaban J connectivity index is 3.26. The van der Waals surface area contributed by atoms with Gasteiger partial charge >= 0.3 is 0 Å². The number of methoxy groups -OCH3 is 1. The highest BCUT2D eigenvalue weighted by Crippen LogP contribution is 2.34. The summed E-state index contributed by atoms with van der Waals surface area (Å²) in [6.45, 7) is 6.16. The van der Waals surface area contributed by atoms with Gasteiger partial charge in [0.25, 0.3) is 0 Å². The molecule has 0 aliphatic heterocycles. The molecule has 0 saturated heterocycles. The van der Waals surface area contributed by atoms with E-state index in [1.54, 1.807) is 7.11 Å². The van der Waals surface area contributed by atoms with Gasteiger partial charge < -0.3 is 9.84 Å². The second-order valence-electron chi connectivity index (χ2n) is 4.35. The first-order chi connectivity index (χ1) is 6.92. The summed E-state index contributed by atoms with van der Waals surface area (Å²) in [4.78, 5) is 0. The van der Waals surface area contributed by atoms with E-state index in [4.69, 9.17) is 4.74 Å². The van der Waals surface area contributed by atoms with E-state index in [1.807, 2.05) is 26.8 Å². The minimum Gasteiger partial charge on any atom is -0.495 e. The summed E-state index contributed by atoms with van der Waals surface area (Å²) in [5.41, 5.74) is 1.96. The number of halogens is 1. The summed E-state index contributed by atoms with van der Waals surface area (Å²) in [5, 5.41) is 9.31. The third kappa shape index (κ3) is 2.52. The van der Waals surface area contributed by atoms with Crippen molar-refractivity contribution in [1.29, 1.82) is 0 Å². The standard InChI is InChI=1S/C12H17BrO2/c1-8-5-9(12(2,3)7-14)6-10(13)11(8)15-4/h5-6,14H,7H2,1-4H3. The van der Waals surface area contributed by atoms with Gasteiger partial charge in [0.1, 0.15) is 5.75 Å².